The van der Waals surface area contributed by atoms with Crippen molar-refractivity contribution in [1.82, 2.24) is 4.57 Å². The first kappa shape index (κ1) is 19.1. The Hall–Kier alpha value is -3.24. The molecule has 2 aromatic rings. The van der Waals surface area contributed by atoms with Crippen LogP contribution in [0.5, 0.6) is 11.5 Å². The Balaban J connectivity index is 1.87. The van der Waals surface area contributed by atoms with Gasteiger partial charge in [0.2, 0.25) is 5.88 Å². The van der Waals surface area contributed by atoms with Gasteiger partial charge in [-0.3, -0.25) is 4.79 Å². The summed E-state index contributed by atoms with van der Waals surface area (Å²) in [6.07, 6.45) is 1.95. The number of benzene rings is 1. The van der Waals surface area contributed by atoms with Crippen LogP contribution in [0.2, 0.25) is 0 Å². The molecule has 2 N–H and O–H groups in total. The van der Waals surface area contributed by atoms with Gasteiger partial charge in [0.05, 0.1) is 31.2 Å². The Bertz CT molecular complexity index is 1060. The third-order valence-corrected chi connectivity index (χ3v) is 5.55. The molecule has 0 saturated carbocycles. The van der Waals surface area contributed by atoms with Crippen LogP contribution in [0.3, 0.4) is 0 Å². The van der Waals surface area contributed by atoms with Crippen molar-refractivity contribution in [3.63, 3.8) is 0 Å². The monoisotopic (exact) mass is 393 g/mol. The van der Waals surface area contributed by atoms with Crippen molar-refractivity contribution in [2.24, 2.45) is 5.73 Å². The molecule has 0 spiro atoms. The van der Waals surface area contributed by atoms with Gasteiger partial charge in [0.15, 0.2) is 0 Å². The molecular weight excluding hydrogens is 370 g/mol. The molecule has 1 aromatic carbocycles. The smallest absolute Gasteiger partial charge is 0.258 e. The fourth-order valence-corrected chi connectivity index (χ4v) is 4.03. The molecular formula is C22H23N3O4. The molecule has 3 heterocycles. The molecule has 150 valence electrons. The van der Waals surface area contributed by atoms with Gasteiger partial charge in [-0.05, 0) is 37.5 Å². The van der Waals surface area contributed by atoms with E-state index in [2.05, 4.69) is 6.07 Å². The van der Waals surface area contributed by atoms with E-state index in [1.54, 1.807) is 23.8 Å². The molecule has 1 saturated heterocycles. The largest absolute Gasteiger partial charge is 0.497 e. The molecule has 2 aliphatic heterocycles. The molecule has 1 fully saturated rings. The molecule has 7 heteroatoms. The van der Waals surface area contributed by atoms with Crippen molar-refractivity contribution in [3.8, 4) is 17.6 Å². The Morgan fingerprint density at radius 1 is 1.34 bits per heavy atom. The summed E-state index contributed by atoms with van der Waals surface area (Å²) in [5, 5.41) is 9.74. The summed E-state index contributed by atoms with van der Waals surface area (Å²) in [6.45, 7) is 3.06. The van der Waals surface area contributed by atoms with Crippen molar-refractivity contribution in [3.05, 3.63) is 69.0 Å². The summed E-state index contributed by atoms with van der Waals surface area (Å²) in [6, 6.07) is 11.2. The van der Waals surface area contributed by atoms with Crippen molar-refractivity contribution < 1.29 is 14.2 Å². The molecule has 2 unspecified atom stereocenters. The zero-order chi connectivity index (χ0) is 20.5. The summed E-state index contributed by atoms with van der Waals surface area (Å²) < 4.78 is 18.3. The molecule has 4 rings (SSSR count). The minimum absolute atomic E-state index is 0.0180. The summed E-state index contributed by atoms with van der Waals surface area (Å²) in [5.41, 5.74) is 8.05. The van der Waals surface area contributed by atoms with Crippen LogP contribution in [0.4, 0.5) is 0 Å². The van der Waals surface area contributed by atoms with Gasteiger partial charge in [0, 0.05) is 18.4 Å². The van der Waals surface area contributed by atoms with Crippen molar-refractivity contribution in [1.29, 1.82) is 5.26 Å². The lowest BCUT2D eigenvalue weighted by Gasteiger charge is -2.28. The van der Waals surface area contributed by atoms with Crippen LogP contribution in [-0.4, -0.2) is 24.4 Å². The van der Waals surface area contributed by atoms with Gasteiger partial charge in [-0.15, -0.1) is 0 Å². The highest BCUT2D eigenvalue weighted by Gasteiger charge is 2.34. The topological polar surface area (TPSA) is 99.5 Å². The number of methoxy groups -OCH3 is 1. The summed E-state index contributed by atoms with van der Waals surface area (Å²) in [5.74, 6) is 0.514. The van der Waals surface area contributed by atoms with Crippen LogP contribution in [0.15, 0.2) is 46.6 Å². The standard InChI is InChI=1S/C22H23N3O4/c1-13-10-18-20(22(26)25(13)12-16-4-3-9-28-16)19(17(11-23)21(24)29-18)14-5-7-15(27-2)8-6-14/h5-8,10,16,19H,3-4,9,12,24H2,1-2H3. The van der Waals surface area contributed by atoms with E-state index in [0.717, 1.165) is 30.7 Å². The van der Waals surface area contributed by atoms with Gasteiger partial charge in [-0.1, -0.05) is 12.1 Å². The average Bonchev–Trinajstić information content (AvgIpc) is 3.23. The first-order valence-corrected chi connectivity index (χ1v) is 9.61. The molecule has 29 heavy (non-hydrogen) atoms. The van der Waals surface area contributed by atoms with Crippen molar-refractivity contribution >= 4 is 0 Å². The number of hydrogen-bond donors (Lipinski definition) is 1. The van der Waals surface area contributed by atoms with Crippen molar-refractivity contribution in [2.75, 3.05) is 13.7 Å². The average molecular weight is 393 g/mol. The lowest BCUT2D eigenvalue weighted by atomic mass is 9.84. The fraction of sp³-hybridized carbons (Fsp3) is 0.364. The van der Waals surface area contributed by atoms with E-state index in [9.17, 15) is 10.1 Å². The van der Waals surface area contributed by atoms with Gasteiger partial charge in [0.25, 0.3) is 5.56 Å². The lowest BCUT2D eigenvalue weighted by molar-refractivity contribution is 0.0955. The molecule has 1 aromatic heterocycles. The zero-order valence-electron chi connectivity index (χ0n) is 16.5. The van der Waals surface area contributed by atoms with Gasteiger partial charge < -0.3 is 24.5 Å². The quantitative estimate of drug-likeness (QED) is 0.857. The Morgan fingerprint density at radius 2 is 2.10 bits per heavy atom. The van der Waals surface area contributed by atoms with Gasteiger partial charge >= 0.3 is 0 Å². The normalized spacial score (nSPS) is 20.7. The summed E-state index contributed by atoms with van der Waals surface area (Å²) in [7, 11) is 1.59. The highest BCUT2D eigenvalue weighted by Crippen LogP contribution is 2.40. The van der Waals surface area contributed by atoms with E-state index in [0.29, 0.717) is 23.6 Å². The first-order chi connectivity index (χ1) is 14.0. The van der Waals surface area contributed by atoms with Crippen LogP contribution < -0.4 is 20.8 Å². The van der Waals surface area contributed by atoms with E-state index < -0.39 is 5.92 Å². The number of rotatable bonds is 4. The van der Waals surface area contributed by atoms with Gasteiger partial charge in [0.1, 0.15) is 23.1 Å². The number of pyridine rings is 1. The predicted molar refractivity (Wildman–Crippen MR) is 107 cm³/mol. The third-order valence-electron chi connectivity index (χ3n) is 5.55. The Morgan fingerprint density at radius 3 is 2.72 bits per heavy atom. The van der Waals surface area contributed by atoms with E-state index in [1.807, 2.05) is 25.1 Å². The third kappa shape index (κ3) is 3.36. The second kappa shape index (κ2) is 7.64. The Kier molecular flexibility index (Phi) is 5.03. The highest BCUT2D eigenvalue weighted by molar-refractivity contribution is 5.55. The SMILES string of the molecule is COc1ccc(C2C(C#N)=C(N)Oc3cc(C)n(CC4CCCO4)c(=O)c32)cc1. The number of nitrogens with two attached hydrogens (primary N) is 1. The summed E-state index contributed by atoms with van der Waals surface area (Å²) >= 11 is 0. The number of nitrogens with zero attached hydrogens (tertiary/aromatic N) is 2. The minimum atomic E-state index is -0.599. The Labute approximate surface area is 168 Å². The maximum atomic E-state index is 13.5. The molecule has 7 nitrogen and oxygen atoms in total. The van der Waals surface area contributed by atoms with Crippen molar-refractivity contribution in [2.45, 2.75) is 38.3 Å². The molecule has 2 atom stereocenters. The maximum Gasteiger partial charge on any atom is 0.258 e. The molecule has 0 radical (unpaired) electrons. The van der Waals surface area contributed by atoms with E-state index in [4.69, 9.17) is 19.9 Å². The number of aryl methyl sites for hydroxylation is 1. The number of aromatic nitrogens is 1. The van der Waals surface area contributed by atoms with E-state index in [1.165, 1.54) is 0 Å². The van der Waals surface area contributed by atoms with Gasteiger partial charge in [-0.25, -0.2) is 0 Å². The number of hydrogen-bond acceptors (Lipinski definition) is 6. The number of nitriles is 1. The zero-order valence-corrected chi connectivity index (χ0v) is 16.5. The fourth-order valence-electron chi connectivity index (χ4n) is 4.03. The number of allylic oxidation sites excluding steroid dienone is 1. The molecule has 0 amide bonds. The molecule has 2 aliphatic rings. The second-order valence-electron chi connectivity index (χ2n) is 7.31. The van der Waals surface area contributed by atoms with E-state index >= 15 is 0 Å². The second-order valence-corrected chi connectivity index (χ2v) is 7.31. The van der Waals surface area contributed by atoms with Crippen LogP contribution in [-0.2, 0) is 11.3 Å². The molecule has 0 aliphatic carbocycles. The van der Waals surface area contributed by atoms with Crippen LogP contribution in [0.25, 0.3) is 0 Å². The number of ether oxygens (including phenoxy) is 3. The number of fused-ring (bicyclic) bond motifs is 1. The van der Waals surface area contributed by atoms with Crippen LogP contribution >= 0.6 is 0 Å². The highest BCUT2D eigenvalue weighted by atomic mass is 16.5. The lowest BCUT2D eigenvalue weighted by Crippen LogP contribution is -2.35. The minimum Gasteiger partial charge on any atom is -0.497 e. The van der Waals surface area contributed by atoms with E-state index in [-0.39, 0.29) is 23.1 Å². The maximum absolute atomic E-state index is 13.5. The molecule has 0 bridgehead atoms. The van der Waals surface area contributed by atoms with Crippen LogP contribution in [0.1, 0.15) is 35.6 Å². The summed E-state index contributed by atoms with van der Waals surface area (Å²) in [4.78, 5) is 13.5. The first-order valence-electron chi connectivity index (χ1n) is 9.61. The predicted octanol–water partition coefficient (Wildman–Crippen LogP) is 2.56. The van der Waals surface area contributed by atoms with Crippen LogP contribution in [0, 0.1) is 18.3 Å². The van der Waals surface area contributed by atoms with Gasteiger partial charge in [-0.2, -0.15) is 5.26 Å².